The van der Waals surface area contributed by atoms with Gasteiger partial charge >= 0.3 is 12.1 Å². The van der Waals surface area contributed by atoms with Crippen LogP contribution in [-0.2, 0) is 7.05 Å². The summed E-state index contributed by atoms with van der Waals surface area (Å²) in [7, 11) is 1.88. The molecule has 1 aliphatic carbocycles. The molecule has 0 unspecified atom stereocenters. The number of urea groups is 2. The standard InChI is InChI=1S/C17H26N6O2/c1-10(2)23-14-6-7-22(9-12(14)18-17(23)25)16(24)19-13-8-21(3)20-15(13)11-4-5-11/h8,10-12,14H,4-7,9H2,1-3H3,(H,18,25)(H,19,24)/t12-,14+/m1/s1. The number of aryl methyl sites for hydroxylation is 1. The van der Waals surface area contributed by atoms with Gasteiger partial charge in [-0.05, 0) is 33.1 Å². The van der Waals surface area contributed by atoms with Gasteiger partial charge in [0.25, 0.3) is 0 Å². The molecule has 1 aromatic heterocycles. The minimum atomic E-state index is -0.106. The quantitative estimate of drug-likeness (QED) is 0.874. The molecule has 1 aromatic rings. The van der Waals surface area contributed by atoms with Crippen LogP contribution in [0.25, 0.3) is 0 Å². The van der Waals surface area contributed by atoms with Crippen molar-refractivity contribution in [2.24, 2.45) is 7.05 Å². The number of hydrogen-bond acceptors (Lipinski definition) is 3. The van der Waals surface area contributed by atoms with Crippen molar-refractivity contribution in [2.75, 3.05) is 18.4 Å². The Labute approximate surface area is 147 Å². The van der Waals surface area contributed by atoms with E-state index in [0.29, 0.717) is 19.0 Å². The predicted octanol–water partition coefficient (Wildman–Crippen LogP) is 1.71. The highest BCUT2D eigenvalue weighted by Gasteiger charge is 2.44. The molecular formula is C17H26N6O2. The summed E-state index contributed by atoms with van der Waals surface area (Å²) in [5.74, 6) is 0.482. The Morgan fingerprint density at radius 1 is 1.36 bits per heavy atom. The largest absolute Gasteiger partial charge is 0.331 e. The molecule has 0 spiro atoms. The van der Waals surface area contributed by atoms with Gasteiger partial charge < -0.3 is 20.4 Å². The number of carbonyl (C=O) groups is 2. The van der Waals surface area contributed by atoms with Gasteiger partial charge in [0.05, 0.1) is 23.5 Å². The molecule has 3 aliphatic rings. The Bertz CT molecular complexity index is 695. The van der Waals surface area contributed by atoms with Gasteiger partial charge in [0.2, 0.25) is 0 Å². The molecule has 8 heteroatoms. The Kier molecular flexibility index (Phi) is 3.85. The number of nitrogens with zero attached hydrogens (tertiary/aromatic N) is 4. The lowest BCUT2D eigenvalue weighted by Gasteiger charge is -2.37. The van der Waals surface area contributed by atoms with Crippen LogP contribution in [-0.4, -0.2) is 62.9 Å². The van der Waals surface area contributed by atoms with Crippen LogP contribution in [0.3, 0.4) is 0 Å². The molecule has 2 N–H and O–H groups in total. The van der Waals surface area contributed by atoms with Crippen LogP contribution in [0.5, 0.6) is 0 Å². The minimum absolute atomic E-state index is 0.00574. The second-order valence-corrected chi connectivity index (χ2v) is 7.67. The van der Waals surface area contributed by atoms with Crippen LogP contribution in [0.4, 0.5) is 15.3 Å². The molecule has 2 atom stereocenters. The van der Waals surface area contributed by atoms with Gasteiger partial charge in [-0.1, -0.05) is 0 Å². The number of piperidine rings is 1. The van der Waals surface area contributed by atoms with E-state index in [1.807, 2.05) is 32.0 Å². The van der Waals surface area contributed by atoms with Crippen LogP contribution in [0.2, 0.25) is 0 Å². The average Bonchev–Trinajstić information content (AvgIpc) is 3.24. The molecule has 136 valence electrons. The summed E-state index contributed by atoms with van der Waals surface area (Å²) in [5, 5.41) is 10.5. The Balaban J connectivity index is 1.42. The first-order valence-electron chi connectivity index (χ1n) is 9.12. The molecule has 25 heavy (non-hydrogen) atoms. The van der Waals surface area contributed by atoms with Crippen LogP contribution in [0.15, 0.2) is 6.20 Å². The number of carbonyl (C=O) groups excluding carboxylic acids is 2. The number of anilines is 1. The number of amides is 4. The predicted molar refractivity (Wildman–Crippen MR) is 93.5 cm³/mol. The van der Waals surface area contributed by atoms with E-state index in [4.69, 9.17) is 0 Å². The number of hydrogen-bond donors (Lipinski definition) is 2. The van der Waals surface area contributed by atoms with Crippen molar-refractivity contribution in [1.82, 2.24) is 24.9 Å². The molecule has 8 nitrogen and oxygen atoms in total. The summed E-state index contributed by atoms with van der Waals surface area (Å²) in [4.78, 5) is 28.6. The van der Waals surface area contributed by atoms with Crippen LogP contribution < -0.4 is 10.6 Å². The minimum Gasteiger partial charge on any atom is -0.331 e. The monoisotopic (exact) mass is 346 g/mol. The van der Waals surface area contributed by atoms with Gasteiger partial charge in [0.1, 0.15) is 0 Å². The molecule has 3 fully saturated rings. The van der Waals surface area contributed by atoms with Gasteiger partial charge in [-0.15, -0.1) is 0 Å². The first kappa shape index (κ1) is 16.2. The molecule has 4 rings (SSSR count). The van der Waals surface area contributed by atoms with E-state index in [1.54, 1.807) is 9.58 Å². The molecule has 0 aromatic carbocycles. The average molecular weight is 346 g/mol. The van der Waals surface area contributed by atoms with Crippen LogP contribution >= 0.6 is 0 Å². The molecule has 4 amide bonds. The highest BCUT2D eigenvalue weighted by molar-refractivity contribution is 5.90. The van der Waals surface area contributed by atoms with E-state index in [9.17, 15) is 9.59 Å². The SMILES string of the molecule is CC(C)N1C(=O)N[C@@H]2CN(C(=O)Nc3cn(C)nc3C3CC3)CC[C@@H]21. The summed E-state index contributed by atoms with van der Waals surface area (Å²) >= 11 is 0. The highest BCUT2D eigenvalue weighted by atomic mass is 16.2. The topological polar surface area (TPSA) is 82.5 Å². The van der Waals surface area contributed by atoms with Gasteiger partial charge in [-0.2, -0.15) is 5.10 Å². The van der Waals surface area contributed by atoms with Crippen molar-refractivity contribution < 1.29 is 9.59 Å². The summed E-state index contributed by atoms with van der Waals surface area (Å²) in [5.41, 5.74) is 1.81. The number of fused-ring (bicyclic) bond motifs is 1. The van der Waals surface area contributed by atoms with E-state index >= 15 is 0 Å². The van der Waals surface area contributed by atoms with E-state index < -0.39 is 0 Å². The second-order valence-electron chi connectivity index (χ2n) is 7.67. The molecule has 1 saturated carbocycles. The van der Waals surface area contributed by atoms with Crippen molar-refractivity contribution in [1.29, 1.82) is 0 Å². The maximum Gasteiger partial charge on any atom is 0.322 e. The van der Waals surface area contributed by atoms with Crippen molar-refractivity contribution in [2.45, 2.75) is 57.2 Å². The lowest BCUT2D eigenvalue weighted by molar-refractivity contribution is 0.138. The highest BCUT2D eigenvalue weighted by Crippen LogP contribution is 2.42. The summed E-state index contributed by atoms with van der Waals surface area (Å²) in [6.07, 6.45) is 4.96. The molecule has 2 aliphatic heterocycles. The maximum absolute atomic E-state index is 12.7. The smallest absolute Gasteiger partial charge is 0.322 e. The van der Waals surface area contributed by atoms with Crippen LogP contribution in [0.1, 0.15) is 44.7 Å². The normalized spacial score (nSPS) is 26.0. The fraction of sp³-hybridized carbons (Fsp3) is 0.706. The zero-order valence-corrected chi connectivity index (χ0v) is 15.0. The lowest BCUT2D eigenvalue weighted by atomic mass is 9.99. The maximum atomic E-state index is 12.7. The zero-order chi connectivity index (χ0) is 17.7. The molecule has 0 bridgehead atoms. The van der Waals surface area contributed by atoms with Gasteiger partial charge in [0, 0.05) is 38.3 Å². The van der Waals surface area contributed by atoms with Crippen molar-refractivity contribution in [3.8, 4) is 0 Å². The summed E-state index contributed by atoms with van der Waals surface area (Å²) in [6.45, 7) is 5.26. The van der Waals surface area contributed by atoms with Gasteiger partial charge in [-0.3, -0.25) is 4.68 Å². The fourth-order valence-electron chi connectivity index (χ4n) is 4.05. The number of nitrogens with one attached hydrogen (secondary N) is 2. The molecule has 0 radical (unpaired) electrons. The van der Waals surface area contributed by atoms with Crippen molar-refractivity contribution >= 4 is 17.7 Å². The first-order chi connectivity index (χ1) is 11.9. The van der Waals surface area contributed by atoms with Crippen LogP contribution in [0, 0.1) is 0 Å². The van der Waals surface area contributed by atoms with Gasteiger partial charge in [-0.25, -0.2) is 9.59 Å². The van der Waals surface area contributed by atoms with E-state index in [-0.39, 0.29) is 30.2 Å². The molecular weight excluding hydrogens is 320 g/mol. The van der Waals surface area contributed by atoms with Crippen molar-refractivity contribution in [3.63, 3.8) is 0 Å². The summed E-state index contributed by atoms with van der Waals surface area (Å²) in [6, 6.07) is 0.233. The van der Waals surface area contributed by atoms with E-state index in [1.165, 1.54) is 0 Å². The number of likely N-dealkylation sites (tertiary alicyclic amines) is 1. The number of rotatable bonds is 3. The number of aromatic nitrogens is 2. The second kappa shape index (κ2) is 5.93. The third kappa shape index (κ3) is 2.94. The van der Waals surface area contributed by atoms with Gasteiger partial charge in [0.15, 0.2) is 0 Å². The van der Waals surface area contributed by atoms with Crippen molar-refractivity contribution in [3.05, 3.63) is 11.9 Å². The fourth-order valence-corrected chi connectivity index (χ4v) is 4.05. The Morgan fingerprint density at radius 2 is 2.12 bits per heavy atom. The third-order valence-electron chi connectivity index (χ3n) is 5.38. The Morgan fingerprint density at radius 3 is 2.80 bits per heavy atom. The molecule has 2 saturated heterocycles. The first-order valence-corrected chi connectivity index (χ1v) is 9.12. The van der Waals surface area contributed by atoms with E-state index in [0.717, 1.165) is 30.6 Å². The lowest BCUT2D eigenvalue weighted by Crippen LogP contribution is -2.54. The zero-order valence-electron chi connectivity index (χ0n) is 15.0. The Hall–Kier alpha value is -2.25. The summed E-state index contributed by atoms with van der Waals surface area (Å²) < 4.78 is 1.76. The van der Waals surface area contributed by atoms with E-state index in [2.05, 4.69) is 15.7 Å². The molecule has 3 heterocycles. The third-order valence-corrected chi connectivity index (χ3v) is 5.38.